The summed E-state index contributed by atoms with van der Waals surface area (Å²) in [7, 11) is -3.31. The summed E-state index contributed by atoms with van der Waals surface area (Å²) in [6.07, 6.45) is 1.01. The molecule has 6 nitrogen and oxygen atoms in total. The molecule has 2 atom stereocenters. The fourth-order valence-corrected chi connectivity index (χ4v) is 4.58. The molecular weight excluding hydrogens is 430 g/mol. The molecule has 0 radical (unpaired) electrons. The Bertz CT molecular complexity index is 873. The molecule has 2 aromatic rings. The Labute approximate surface area is 167 Å². The smallest absolute Gasteiger partial charge is 0.238 e. The lowest BCUT2D eigenvalue weighted by atomic mass is 10.0. The van der Waals surface area contributed by atoms with Crippen molar-refractivity contribution in [1.29, 1.82) is 0 Å². The van der Waals surface area contributed by atoms with Crippen molar-refractivity contribution in [3.05, 3.63) is 64.6 Å². The first-order valence-corrected chi connectivity index (χ1v) is 11.2. The van der Waals surface area contributed by atoms with Crippen LogP contribution in [0.25, 0.3) is 0 Å². The van der Waals surface area contributed by atoms with E-state index < -0.39 is 9.84 Å². The van der Waals surface area contributed by atoms with E-state index in [1.54, 1.807) is 30.3 Å². The van der Waals surface area contributed by atoms with Crippen LogP contribution in [0.2, 0.25) is 0 Å². The van der Waals surface area contributed by atoms with Crippen molar-refractivity contribution in [1.82, 2.24) is 16.2 Å². The van der Waals surface area contributed by atoms with Gasteiger partial charge in [0, 0.05) is 17.1 Å². The van der Waals surface area contributed by atoms with E-state index in [2.05, 4.69) is 32.1 Å². The van der Waals surface area contributed by atoms with E-state index >= 15 is 0 Å². The van der Waals surface area contributed by atoms with E-state index in [1.807, 2.05) is 24.3 Å². The van der Waals surface area contributed by atoms with Gasteiger partial charge in [0.1, 0.15) is 6.04 Å². The highest BCUT2D eigenvalue weighted by Gasteiger charge is 2.29. The molecule has 0 aliphatic carbocycles. The van der Waals surface area contributed by atoms with Crippen molar-refractivity contribution in [3.8, 4) is 0 Å². The number of hydrazine groups is 1. The fraction of sp³-hybridized carbons (Fsp3) is 0.316. The van der Waals surface area contributed by atoms with Gasteiger partial charge in [0.05, 0.1) is 10.6 Å². The van der Waals surface area contributed by atoms with Crippen LogP contribution in [0.15, 0.2) is 64.0 Å². The normalized spacial score (nSPS) is 19.7. The molecule has 1 amide bonds. The zero-order valence-electron chi connectivity index (χ0n) is 14.7. The Hall–Kier alpha value is -1.74. The maximum atomic E-state index is 12.3. The molecule has 144 valence electrons. The van der Waals surface area contributed by atoms with Gasteiger partial charge >= 0.3 is 0 Å². The van der Waals surface area contributed by atoms with Crippen LogP contribution >= 0.6 is 15.9 Å². The van der Waals surface area contributed by atoms with E-state index in [-0.39, 0.29) is 23.7 Å². The van der Waals surface area contributed by atoms with Gasteiger partial charge in [-0.2, -0.15) is 0 Å². The van der Waals surface area contributed by atoms with E-state index in [0.29, 0.717) is 24.3 Å². The molecule has 27 heavy (non-hydrogen) atoms. The van der Waals surface area contributed by atoms with Crippen LogP contribution in [-0.2, 0) is 14.6 Å². The monoisotopic (exact) mass is 451 g/mol. The van der Waals surface area contributed by atoms with Crippen LogP contribution in [0.1, 0.15) is 24.4 Å². The number of hydrogen-bond acceptors (Lipinski definition) is 5. The van der Waals surface area contributed by atoms with Crippen molar-refractivity contribution in [2.45, 2.75) is 29.8 Å². The molecular formula is C19H22BrN3O3S. The lowest BCUT2D eigenvalue weighted by Gasteiger charge is -2.11. The highest BCUT2D eigenvalue weighted by Crippen LogP contribution is 2.23. The molecule has 0 bridgehead atoms. The Morgan fingerprint density at radius 2 is 1.78 bits per heavy atom. The summed E-state index contributed by atoms with van der Waals surface area (Å²) in [5.41, 5.74) is 7.25. The highest BCUT2D eigenvalue weighted by atomic mass is 79.9. The van der Waals surface area contributed by atoms with E-state index in [4.69, 9.17) is 0 Å². The molecule has 1 fully saturated rings. The Balaban J connectivity index is 1.43. The minimum atomic E-state index is -3.31. The number of halogens is 1. The van der Waals surface area contributed by atoms with Crippen LogP contribution in [-0.4, -0.2) is 32.7 Å². The maximum absolute atomic E-state index is 12.3. The first-order valence-electron chi connectivity index (χ1n) is 8.78. The van der Waals surface area contributed by atoms with Crippen molar-refractivity contribution in [2.24, 2.45) is 0 Å². The average molecular weight is 452 g/mol. The van der Waals surface area contributed by atoms with Gasteiger partial charge in [-0.3, -0.25) is 4.79 Å². The van der Waals surface area contributed by atoms with E-state index in [0.717, 1.165) is 10.0 Å². The average Bonchev–Trinajstić information content (AvgIpc) is 3.17. The molecule has 1 heterocycles. The fourth-order valence-electron chi connectivity index (χ4n) is 2.98. The molecule has 8 heteroatoms. The molecule has 1 saturated heterocycles. The lowest BCUT2D eigenvalue weighted by molar-refractivity contribution is -0.122. The quantitative estimate of drug-likeness (QED) is 0.562. The molecule has 1 aliphatic heterocycles. The SMILES string of the molecule is O=C(NCCCS(=O)(=O)c1ccccc1)C1CC(c2ccc(Br)cc2)NN1. The summed E-state index contributed by atoms with van der Waals surface area (Å²) in [4.78, 5) is 12.6. The lowest BCUT2D eigenvalue weighted by Crippen LogP contribution is -2.43. The molecule has 3 N–H and O–H groups in total. The van der Waals surface area contributed by atoms with Gasteiger partial charge in [-0.05, 0) is 42.7 Å². The number of hydrogen-bond donors (Lipinski definition) is 3. The minimum Gasteiger partial charge on any atom is -0.355 e. The molecule has 2 aromatic carbocycles. The second-order valence-electron chi connectivity index (χ2n) is 6.46. The van der Waals surface area contributed by atoms with Gasteiger partial charge in [-0.25, -0.2) is 19.3 Å². The largest absolute Gasteiger partial charge is 0.355 e. The van der Waals surface area contributed by atoms with Crippen molar-refractivity contribution in [2.75, 3.05) is 12.3 Å². The summed E-state index contributed by atoms with van der Waals surface area (Å²) in [6, 6.07) is 16.0. The van der Waals surface area contributed by atoms with Gasteiger partial charge in [0.25, 0.3) is 0 Å². The standard InChI is InChI=1S/C19H22BrN3O3S/c20-15-9-7-14(8-10-15)17-13-18(23-22-17)19(24)21-11-4-12-27(25,26)16-5-2-1-3-6-16/h1-3,5-10,17-18,22-23H,4,11-13H2,(H,21,24). The molecule has 0 saturated carbocycles. The zero-order valence-corrected chi connectivity index (χ0v) is 17.1. The van der Waals surface area contributed by atoms with Crippen LogP contribution < -0.4 is 16.2 Å². The summed E-state index contributed by atoms with van der Waals surface area (Å²) < 4.78 is 25.4. The van der Waals surface area contributed by atoms with Crippen LogP contribution in [0, 0.1) is 0 Å². The third-order valence-electron chi connectivity index (χ3n) is 4.48. The number of rotatable bonds is 7. The number of sulfone groups is 1. The minimum absolute atomic E-state index is 0.00908. The predicted molar refractivity (Wildman–Crippen MR) is 108 cm³/mol. The molecule has 2 unspecified atom stereocenters. The van der Waals surface area contributed by atoms with Gasteiger partial charge < -0.3 is 5.32 Å². The van der Waals surface area contributed by atoms with Crippen molar-refractivity contribution in [3.63, 3.8) is 0 Å². The molecule has 3 rings (SSSR count). The first-order chi connectivity index (χ1) is 13.0. The van der Waals surface area contributed by atoms with E-state index in [9.17, 15) is 13.2 Å². The Kier molecular flexibility index (Phi) is 6.64. The Morgan fingerprint density at radius 3 is 2.48 bits per heavy atom. The number of carbonyl (C=O) groups excluding carboxylic acids is 1. The zero-order chi connectivity index (χ0) is 19.3. The summed E-state index contributed by atoms with van der Waals surface area (Å²) in [5.74, 6) is -0.117. The second-order valence-corrected chi connectivity index (χ2v) is 9.48. The second kappa shape index (κ2) is 8.97. The third-order valence-corrected chi connectivity index (χ3v) is 6.83. The number of carbonyl (C=O) groups is 1. The summed E-state index contributed by atoms with van der Waals surface area (Å²) >= 11 is 3.41. The molecule has 0 aromatic heterocycles. The van der Waals surface area contributed by atoms with Gasteiger partial charge in [-0.1, -0.05) is 46.3 Å². The maximum Gasteiger partial charge on any atom is 0.238 e. The van der Waals surface area contributed by atoms with Crippen LogP contribution in [0.5, 0.6) is 0 Å². The first kappa shape index (κ1) is 20.0. The van der Waals surface area contributed by atoms with Gasteiger partial charge in [0.2, 0.25) is 5.91 Å². The van der Waals surface area contributed by atoms with E-state index in [1.165, 1.54) is 0 Å². The molecule has 0 spiro atoms. The van der Waals surface area contributed by atoms with Gasteiger partial charge in [-0.15, -0.1) is 0 Å². The third kappa shape index (κ3) is 5.38. The number of nitrogens with one attached hydrogen (secondary N) is 3. The summed E-state index contributed by atoms with van der Waals surface area (Å²) in [6.45, 7) is 0.325. The number of amides is 1. The van der Waals surface area contributed by atoms with Crippen molar-refractivity contribution < 1.29 is 13.2 Å². The summed E-state index contributed by atoms with van der Waals surface area (Å²) in [5, 5.41) is 2.82. The highest BCUT2D eigenvalue weighted by molar-refractivity contribution is 9.10. The predicted octanol–water partition coefficient (Wildman–Crippen LogP) is 2.34. The number of benzene rings is 2. The van der Waals surface area contributed by atoms with Crippen molar-refractivity contribution >= 4 is 31.7 Å². The van der Waals surface area contributed by atoms with Crippen LogP contribution in [0.4, 0.5) is 0 Å². The topological polar surface area (TPSA) is 87.3 Å². The Morgan fingerprint density at radius 1 is 1.07 bits per heavy atom. The van der Waals surface area contributed by atoms with Crippen LogP contribution in [0.3, 0.4) is 0 Å². The molecule has 1 aliphatic rings. The van der Waals surface area contributed by atoms with Gasteiger partial charge in [0.15, 0.2) is 9.84 Å².